The zero-order valence-corrected chi connectivity index (χ0v) is 10.2. The number of hydrogen-bond acceptors (Lipinski definition) is 2. The van der Waals surface area contributed by atoms with Gasteiger partial charge in [-0.25, -0.2) is 8.78 Å². The number of hydrogen-bond donors (Lipinski definition) is 1. The third-order valence-electron chi connectivity index (χ3n) is 2.32. The molecule has 0 atom stereocenters. The van der Waals surface area contributed by atoms with Gasteiger partial charge in [0.1, 0.15) is 0 Å². The highest BCUT2D eigenvalue weighted by Gasteiger charge is 2.14. The summed E-state index contributed by atoms with van der Waals surface area (Å²) >= 11 is 0. The fourth-order valence-corrected chi connectivity index (χ4v) is 1.28. The molecular formula is C12H14F2N2O2. The summed E-state index contributed by atoms with van der Waals surface area (Å²) in [6.07, 6.45) is 0.107. The lowest BCUT2D eigenvalue weighted by Crippen LogP contribution is -2.30. The van der Waals surface area contributed by atoms with Crippen LogP contribution in [0.2, 0.25) is 0 Å². The van der Waals surface area contributed by atoms with E-state index >= 15 is 0 Å². The van der Waals surface area contributed by atoms with Crippen molar-refractivity contribution in [3.8, 4) is 0 Å². The molecule has 0 saturated heterocycles. The maximum Gasteiger partial charge on any atom is 0.254 e. The molecule has 0 spiro atoms. The van der Waals surface area contributed by atoms with Crippen LogP contribution in [0.5, 0.6) is 0 Å². The molecule has 0 aliphatic rings. The molecule has 1 rings (SSSR count). The van der Waals surface area contributed by atoms with Gasteiger partial charge in [-0.05, 0) is 12.1 Å². The standard InChI is InChI=1S/C12H14F2N2O2/c1-16(2)10(17)6-7-15-12(18)8-4-3-5-9(13)11(8)14/h3-5H,6-7H2,1-2H3,(H,15,18). The average Bonchev–Trinajstić information content (AvgIpc) is 2.32. The zero-order valence-electron chi connectivity index (χ0n) is 10.2. The third-order valence-corrected chi connectivity index (χ3v) is 2.32. The molecular weight excluding hydrogens is 242 g/mol. The van der Waals surface area contributed by atoms with Gasteiger partial charge in [0.15, 0.2) is 11.6 Å². The van der Waals surface area contributed by atoms with Crippen molar-refractivity contribution >= 4 is 11.8 Å². The SMILES string of the molecule is CN(C)C(=O)CCNC(=O)c1cccc(F)c1F. The van der Waals surface area contributed by atoms with Gasteiger partial charge >= 0.3 is 0 Å². The van der Waals surface area contributed by atoms with Gasteiger partial charge in [-0.15, -0.1) is 0 Å². The van der Waals surface area contributed by atoms with Crippen LogP contribution in [0.4, 0.5) is 8.78 Å². The van der Waals surface area contributed by atoms with Gasteiger partial charge < -0.3 is 10.2 Å². The van der Waals surface area contributed by atoms with Crippen molar-refractivity contribution < 1.29 is 18.4 Å². The number of carbonyl (C=O) groups excluding carboxylic acids is 2. The van der Waals surface area contributed by atoms with Crippen LogP contribution in [0.15, 0.2) is 18.2 Å². The van der Waals surface area contributed by atoms with Crippen LogP contribution in [0.25, 0.3) is 0 Å². The van der Waals surface area contributed by atoms with Crippen molar-refractivity contribution in [2.24, 2.45) is 0 Å². The van der Waals surface area contributed by atoms with Gasteiger partial charge in [0.05, 0.1) is 5.56 Å². The minimum Gasteiger partial charge on any atom is -0.351 e. The molecule has 2 amide bonds. The van der Waals surface area contributed by atoms with E-state index in [-0.39, 0.29) is 24.4 Å². The Bertz CT molecular complexity index is 461. The van der Waals surface area contributed by atoms with Crippen molar-refractivity contribution in [1.29, 1.82) is 0 Å². The number of benzene rings is 1. The molecule has 0 aliphatic carbocycles. The van der Waals surface area contributed by atoms with E-state index in [1.54, 1.807) is 14.1 Å². The molecule has 98 valence electrons. The lowest BCUT2D eigenvalue weighted by Gasteiger charge is -2.10. The predicted molar refractivity (Wildman–Crippen MR) is 62.0 cm³/mol. The van der Waals surface area contributed by atoms with E-state index in [9.17, 15) is 18.4 Å². The number of nitrogens with zero attached hydrogens (tertiary/aromatic N) is 1. The molecule has 0 aliphatic heterocycles. The third kappa shape index (κ3) is 3.51. The Hall–Kier alpha value is -1.98. The summed E-state index contributed by atoms with van der Waals surface area (Å²) in [5.74, 6) is -3.16. The molecule has 0 radical (unpaired) electrons. The van der Waals surface area contributed by atoms with E-state index in [2.05, 4.69) is 5.32 Å². The maximum absolute atomic E-state index is 13.3. The van der Waals surface area contributed by atoms with Crippen molar-refractivity contribution in [2.75, 3.05) is 20.6 Å². The molecule has 0 bridgehead atoms. The van der Waals surface area contributed by atoms with Gasteiger partial charge in [-0.3, -0.25) is 9.59 Å². The monoisotopic (exact) mass is 256 g/mol. The van der Waals surface area contributed by atoms with Crippen molar-refractivity contribution in [3.05, 3.63) is 35.4 Å². The highest BCUT2D eigenvalue weighted by molar-refractivity contribution is 5.94. The quantitative estimate of drug-likeness (QED) is 0.879. The zero-order chi connectivity index (χ0) is 13.7. The Kier molecular flexibility index (Phi) is 4.76. The maximum atomic E-state index is 13.3. The van der Waals surface area contributed by atoms with Crippen molar-refractivity contribution in [3.63, 3.8) is 0 Å². The van der Waals surface area contributed by atoms with Crippen molar-refractivity contribution in [2.45, 2.75) is 6.42 Å². The average molecular weight is 256 g/mol. The number of carbonyl (C=O) groups is 2. The van der Waals surface area contributed by atoms with E-state index in [1.807, 2.05) is 0 Å². The first kappa shape index (κ1) is 14.1. The van der Waals surface area contributed by atoms with Crippen LogP contribution in [-0.4, -0.2) is 37.4 Å². The lowest BCUT2D eigenvalue weighted by atomic mass is 10.2. The van der Waals surface area contributed by atoms with E-state index in [0.29, 0.717) is 0 Å². The minimum absolute atomic E-state index is 0.0752. The van der Waals surface area contributed by atoms with Gasteiger partial charge in [0.2, 0.25) is 5.91 Å². The fourth-order valence-electron chi connectivity index (χ4n) is 1.28. The summed E-state index contributed by atoms with van der Waals surface area (Å²) in [6, 6.07) is 3.36. The largest absolute Gasteiger partial charge is 0.351 e. The summed E-state index contributed by atoms with van der Waals surface area (Å²) in [5, 5.41) is 2.36. The molecule has 0 heterocycles. The summed E-state index contributed by atoms with van der Waals surface area (Å²) in [6.45, 7) is 0.0752. The first-order valence-corrected chi connectivity index (χ1v) is 5.36. The molecule has 1 aromatic rings. The van der Waals surface area contributed by atoms with Crippen LogP contribution in [0, 0.1) is 11.6 Å². The number of amides is 2. The van der Waals surface area contributed by atoms with Crippen LogP contribution in [0.1, 0.15) is 16.8 Å². The molecule has 0 saturated carbocycles. The summed E-state index contributed by atoms with van der Waals surface area (Å²) in [4.78, 5) is 24.1. The highest BCUT2D eigenvalue weighted by Crippen LogP contribution is 2.10. The number of rotatable bonds is 4. The second-order valence-corrected chi connectivity index (χ2v) is 3.90. The van der Waals surface area contributed by atoms with Crippen LogP contribution in [0.3, 0.4) is 0 Å². The summed E-state index contributed by atoms with van der Waals surface area (Å²) < 4.78 is 26.1. The normalized spacial score (nSPS) is 10.0. The molecule has 18 heavy (non-hydrogen) atoms. The Labute approximate surface area is 104 Å². The Morgan fingerprint density at radius 3 is 2.56 bits per heavy atom. The van der Waals surface area contributed by atoms with Gasteiger partial charge in [0.25, 0.3) is 5.91 Å². The molecule has 6 heteroatoms. The molecule has 0 fully saturated rings. The molecule has 4 nitrogen and oxygen atoms in total. The van der Waals surface area contributed by atoms with E-state index in [1.165, 1.54) is 17.0 Å². The molecule has 1 aromatic carbocycles. The molecule has 0 aromatic heterocycles. The second kappa shape index (κ2) is 6.09. The van der Waals surface area contributed by atoms with E-state index in [0.717, 1.165) is 6.07 Å². The highest BCUT2D eigenvalue weighted by atomic mass is 19.2. The minimum atomic E-state index is -1.19. The molecule has 0 unspecified atom stereocenters. The van der Waals surface area contributed by atoms with Gasteiger partial charge in [0, 0.05) is 27.1 Å². The van der Waals surface area contributed by atoms with E-state index < -0.39 is 17.5 Å². The topological polar surface area (TPSA) is 49.4 Å². The predicted octanol–water partition coefficient (Wildman–Crippen LogP) is 1.17. The Morgan fingerprint density at radius 1 is 1.28 bits per heavy atom. The summed E-state index contributed by atoms with van der Waals surface area (Å²) in [7, 11) is 3.19. The van der Waals surface area contributed by atoms with Crippen LogP contribution >= 0.6 is 0 Å². The summed E-state index contributed by atoms with van der Waals surface area (Å²) in [5.41, 5.74) is -0.368. The molecule has 1 N–H and O–H groups in total. The lowest BCUT2D eigenvalue weighted by molar-refractivity contribution is -0.128. The van der Waals surface area contributed by atoms with Crippen LogP contribution in [-0.2, 0) is 4.79 Å². The van der Waals surface area contributed by atoms with Crippen molar-refractivity contribution in [1.82, 2.24) is 10.2 Å². The fraction of sp³-hybridized carbons (Fsp3) is 0.333. The van der Waals surface area contributed by atoms with Crippen LogP contribution < -0.4 is 5.32 Å². The first-order chi connectivity index (χ1) is 8.43. The number of nitrogens with one attached hydrogen (secondary N) is 1. The second-order valence-electron chi connectivity index (χ2n) is 3.90. The van der Waals surface area contributed by atoms with Gasteiger partial charge in [-0.2, -0.15) is 0 Å². The van der Waals surface area contributed by atoms with Gasteiger partial charge in [-0.1, -0.05) is 6.07 Å². The van der Waals surface area contributed by atoms with E-state index in [4.69, 9.17) is 0 Å². The smallest absolute Gasteiger partial charge is 0.254 e. The Morgan fingerprint density at radius 2 is 1.94 bits per heavy atom. The first-order valence-electron chi connectivity index (χ1n) is 5.36. The Balaban J connectivity index is 2.56. The number of halogens is 2.